The molecule has 0 aromatic carbocycles. The van der Waals surface area contributed by atoms with Gasteiger partial charge in [0, 0.05) is 11.4 Å². The predicted molar refractivity (Wildman–Crippen MR) is 68.4 cm³/mol. The Morgan fingerprint density at radius 1 is 1.61 bits per heavy atom. The van der Waals surface area contributed by atoms with Crippen molar-refractivity contribution in [3.8, 4) is 0 Å². The van der Waals surface area contributed by atoms with E-state index in [0.29, 0.717) is 19.1 Å². The molecule has 1 saturated heterocycles. The summed E-state index contributed by atoms with van der Waals surface area (Å²) in [5, 5.41) is 10.1. The van der Waals surface area contributed by atoms with Gasteiger partial charge in [-0.05, 0) is 19.8 Å². The molecule has 0 spiro atoms. The lowest BCUT2D eigenvalue weighted by Crippen LogP contribution is -2.43. The highest BCUT2D eigenvalue weighted by Gasteiger charge is 2.34. The first-order chi connectivity index (χ1) is 8.66. The Hall–Kier alpha value is -1.14. The first kappa shape index (κ1) is 11.9. The third-order valence-electron chi connectivity index (χ3n) is 3.62. The van der Waals surface area contributed by atoms with Crippen LogP contribution >= 0.6 is 11.3 Å². The van der Waals surface area contributed by atoms with E-state index in [-0.39, 0.29) is 0 Å². The summed E-state index contributed by atoms with van der Waals surface area (Å²) >= 11 is 1.65. The number of aryl methyl sites for hydroxylation is 1. The lowest BCUT2D eigenvalue weighted by Gasteiger charge is -2.33. The number of aromatic nitrogens is 1. The number of morpholine rings is 1. The second-order valence-electron chi connectivity index (χ2n) is 4.85. The number of fused-ring (bicyclic) bond motifs is 1. The van der Waals surface area contributed by atoms with Crippen LogP contribution < -0.4 is 4.90 Å². The average Bonchev–Trinajstić information content (AvgIpc) is 2.88. The highest BCUT2D eigenvalue weighted by atomic mass is 32.1. The van der Waals surface area contributed by atoms with Gasteiger partial charge in [0.25, 0.3) is 0 Å². The zero-order valence-electron chi connectivity index (χ0n) is 10.3. The van der Waals surface area contributed by atoms with Gasteiger partial charge in [0.2, 0.25) is 0 Å². The first-order valence-electron chi connectivity index (χ1n) is 6.23. The van der Waals surface area contributed by atoms with Gasteiger partial charge in [0.05, 0.1) is 24.9 Å². The van der Waals surface area contributed by atoms with Crippen LogP contribution in [0.5, 0.6) is 0 Å². The molecule has 2 atom stereocenters. The molecular formula is C12H16N2O3S. The van der Waals surface area contributed by atoms with Crippen molar-refractivity contribution in [2.75, 3.05) is 24.7 Å². The van der Waals surface area contributed by atoms with Crippen molar-refractivity contribution < 1.29 is 14.6 Å². The van der Waals surface area contributed by atoms with E-state index in [1.54, 1.807) is 11.3 Å². The average molecular weight is 268 g/mol. The molecule has 1 aromatic rings. The van der Waals surface area contributed by atoms with Crippen molar-refractivity contribution in [1.82, 2.24) is 4.98 Å². The molecule has 0 bridgehead atoms. The normalized spacial score (nSPS) is 27.3. The highest BCUT2D eigenvalue weighted by molar-refractivity contribution is 7.15. The minimum Gasteiger partial charge on any atom is -0.481 e. The monoisotopic (exact) mass is 268 g/mol. The zero-order valence-corrected chi connectivity index (χ0v) is 11.1. The summed E-state index contributed by atoms with van der Waals surface area (Å²) in [6.07, 6.45) is 1.55. The Bertz CT molecular complexity index is 474. The van der Waals surface area contributed by atoms with Crippen LogP contribution in [-0.2, 0) is 16.0 Å². The molecule has 0 amide bonds. The van der Waals surface area contributed by atoms with Crippen molar-refractivity contribution >= 4 is 22.4 Å². The van der Waals surface area contributed by atoms with Gasteiger partial charge in [-0.15, -0.1) is 11.3 Å². The van der Waals surface area contributed by atoms with Gasteiger partial charge in [-0.3, -0.25) is 4.79 Å². The number of ether oxygens (including phenoxy) is 1. The molecule has 2 unspecified atom stereocenters. The number of carbonyl (C=O) groups is 1. The Morgan fingerprint density at radius 3 is 3.17 bits per heavy atom. The quantitative estimate of drug-likeness (QED) is 0.880. The van der Waals surface area contributed by atoms with Crippen LogP contribution in [0.4, 0.5) is 5.13 Å². The molecular weight excluding hydrogens is 252 g/mol. The Morgan fingerprint density at radius 2 is 2.44 bits per heavy atom. The number of carboxylic acids is 1. The lowest BCUT2D eigenvalue weighted by atomic mass is 10.1. The molecule has 3 rings (SSSR count). The summed E-state index contributed by atoms with van der Waals surface area (Å²) in [5.74, 6) is -1.15. The van der Waals surface area contributed by atoms with E-state index in [2.05, 4.69) is 16.8 Å². The van der Waals surface area contributed by atoms with Crippen LogP contribution in [0.15, 0.2) is 0 Å². The second-order valence-corrected chi connectivity index (χ2v) is 5.91. The summed E-state index contributed by atoms with van der Waals surface area (Å²) in [6, 6.07) is 0.313. The highest BCUT2D eigenvalue weighted by Crippen LogP contribution is 2.40. The Balaban J connectivity index is 1.87. The standard InChI is InChI=1S/C12H16N2O3S/c1-7-6-17-5-4-14(7)12-13-10-8(11(15)16)2-3-9(10)18-12/h7-8H,2-6H2,1H3,(H,15,16). The summed E-state index contributed by atoms with van der Waals surface area (Å²) in [6.45, 7) is 4.38. The number of hydrogen-bond donors (Lipinski definition) is 1. The topological polar surface area (TPSA) is 62.7 Å². The van der Waals surface area contributed by atoms with E-state index in [9.17, 15) is 4.79 Å². The maximum atomic E-state index is 11.1. The summed E-state index contributed by atoms with van der Waals surface area (Å²) < 4.78 is 5.41. The van der Waals surface area contributed by atoms with E-state index in [1.165, 1.54) is 0 Å². The van der Waals surface area contributed by atoms with Crippen molar-refractivity contribution in [2.45, 2.75) is 31.7 Å². The van der Waals surface area contributed by atoms with Gasteiger partial charge in [-0.25, -0.2) is 4.98 Å². The molecule has 5 nitrogen and oxygen atoms in total. The molecule has 1 N–H and O–H groups in total. The third-order valence-corrected chi connectivity index (χ3v) is 4.79. The molecule has 2 aliphatic rings. The van der Waals surface area contributed by atoms with Crippen LogP contribution in [0.3, 0.4) is 0 Å². The first-order valence-corrected chi connectivity index (χ1v) is 7.05. The van der Waals surface area contributed by atoms with Gasteiger partial charge in [-0.1, -0.05) is 0 Å². The number of anilines is 1. The molecule has 18 heavy (non-hydrogen) atoms. The molecule has 6 heteroatoms. The zero-order chi connectivity index (χ0) is 12.7. The number of rotatable bonds is 2. The van der Waals surface area contributed by atoms with Crippen LogP contribution in [0.1, 0.15) is 29.8 Å². The maximum absolute atomic E-state index is 11.1. The second kappa shape index (κ2) is 4.51. The Labute approximate surface area is 109 Å². The molecule has 0 saturated carbocycles. The molecule has 98 valence electrons. The van der Waals surface area contributed by atoms with Gasteiger partial charge in [0.1, 0.15) is 5.92 Å². The fourth-order valence-electron chi connectivity index (χ4n) is 2.59. The van der Waals surface area contributed by atoms with E-state index in [0.717, 1.165) is 35.3 Å². The van der Waals surface area contributed by atoms with E-state index < -0.39 is 11.9 Å². The number of thiazole rings is 1. The van der Waals surface area contributed by atoms with Gasteiger partial charge >= 0.3 is 5.97 Å². The lowest BCUT2D eigenvalue weighted by molar-refractivity contribution is -0.138. The number of hydrogen-bond acceptors (Lipinski definition) is 5. The van der Waals surface area contributed by atoms with Crippen LogP contribution in [0, 0.1) is 0 Å². The van der Waals surface area contributed by atoms with Crippen molar-refractivity contribution in [3.63, 3.8) is 0 Å². The molecule has 1 aliphatic heterocycles. The number of nitrogens with zero attached hydrogens (tertiary/aromatic N) is 2. The van der Waals surface area contributed by atoms with E-state index >= 15 is 0 Å². The molecule has 2 heterocycles. The molecule has 0 radical (unpaired) electrons. The largest absolute Gasteiger partial charge is 0.481 e. The van der Waals surface area contributed by atoms with Crippen LogP contribution in [0.25, 0.3) is 0 Å². The summed E-state index contributed by atoms with van der Waals surface area (Å²) in [5.41, 5.74) is 0.793. The molecule has 1 aliphatic carbocycles. The van der Waals surface area contributed by atoms with Gasteiger partial charge in [-0.2, -0.15) is 0 Å². The summed E-state index contributed by atoms with van der Waals surface area (Å²) in [4.78, 5) is 19.1. The minimum atomic E-state index is -0.749. The van der Waals surface area contributed by atoms with Gasteiger partial charge in [0.15, 0.2) is 5.13 Å². The number of carboxylic acid groups (broad SMARTS) is 1. The van der Waals surface area contributed by atoms with Crippen molar-refractivity contribution in [3.05, 3.63) is 10.6 Å². The fraction of sp³-hybridized carbons (Fsp3) is 0.667. The predicted octanol–water partition coefficient (Wildman–Crippen LogP) is 1.48. The van der Waals surface area contributed by atoms with E-state index in [4.69, 9.17) is 9.84 Å². The SMILES string of the molecule is CC1COCCN1c1nc2c(s1)CCC2C(=O)O. The van der Waals surface area contributed by atoms with Crippen LogP contribution in [-0.4, -0.2) is 41.9 Å². The van der Waals surface area contributed by atoms with Crippen molar-refractivity contribution in [1.29, 1.82) is 0 Å². The smallest absolute Gasteiger partial charge is 0.312 e. The minimum absolute atomic E-state index is 0.313. The van der Waals surface area contributed by atoms with E-state index in [1.807, 2.05) is 0 Å². The Kier molecular flexibility index (Phi) is 2.99. The fourth-order valence-corrected chi connectivity index (χ4v) is 3.85. The third kappa shape index (κ3) is 1.89. The number of aliphatic carboxylic acids is 1. The van der Waals surface area contributed by atoms with Crippen molar-refractivity contribution in [2.24, 2.45) is 0 Å². The molecule has 1 fully saturated rings. The maximum Gasteiger partial charge on any atom is 0.312 e. The summed E-state index contributed by atoms with van der Waals surface area (Å²) in [7, 11) is 0. The van der Waals surface area contributed by atoms with Crippen LogP contribution in [0.2, 0.25) is 0 Å². The van der Waals surface area contributed by atoms with Gasteiger partial charge < -0.3 is 14.7 Å². The molecule has 1 aromatic heterocycles.